The Morgan fingerprint density at radius 3 is 2.65 bits per heavy atom. The number of hydrogen-bond acceptors (Lipinski definition) is 3. The summed E-state index contributed by atoms with van der Waals surface area (Å²) in [6, 6.07) is 0. The Kier molecular flexibility index (Phi) is 8.74. The average Bonchev–Trinajstić information content (AvgIpc) is 2.44. The number of hydrogen-bond donors (Lipinski definition) is 1. The van der Waals surface area contributed by atoms with E-state index in [4.69, 9.17) is 4.74 Å². The van der Waals surface area contributed by atoms with Crippen molar-refractivity contribution in [1.82, 2.24) is 10.2 Å². The van der Waals surface area contributed by atoms with Crippen LogP contribution in [0.5, 0.6) is 0 Å². The fraction of sp³-hybridized carbons (Fsp3) is 1.00. The summed E-state index contributed by atoms with van der Waals surface area (Å²) < 4.78 is 5.83. The van der Waals surface area contributed by atoms with Gasteiger partial charge < -0.3 is 15.0 Å². The van der Waals surface area contributed by atoms with Gasteiger partial charge in [-0.05, 0) is 44.8 Å². The Labute approximate surface area is 126 Å². The van der Waals surface area contributed by atoms with Crippen LogP contribution in [0.4, 0.5) is 0 Å². The molecule has 1 atom stereocenters. The molecule has 0 bridgehead atoms. The Bertz CT molecular complexity index is 237. The van der Waals surface area contributed by atoms with E-state index in [2.05, 4.69) is 37.9 Å². The van der Waals surface area contributed by atoms with Gasteiger partial charge in [0.15, 0.2) is 0 Å². The summed E-state index contributed by atoms with van der Waals surface area (Å²) in [6.07, 6.45) is 5.12. The van der Waals surface area contributed by atoms with Gasteiger partial charge in [-0.3, -0.25) is 0 Å². The standard InChI is InChI=1S/C17H36N2O/c1-5-7-10-19(6-2)14-17(9-8-11-20-15-17)13-18-12-16(3)4/h16,18H,5-15H2,1-4H3. The number of unbranched alkanes of at least 4 members (excludes halogenated alkanes) is 1. The number of rotatable bonds is 10. The molecule has 1 aliphatic heterocycles. The zero-order valence-electron chi connectivity index (χ0n) is 14.2. The lowest BCUT2D eigenvalue weighted by molar-refractivity contribution is -0.0259. The molecule has 0 aromatic rings. The molecule has 0 saturated carbocycles. The summed E-state index contributed by atoms with van der Waals surface area (Å²) in [5, 5.41) is 3.67. The predicted molar refractivity (Wildman–Crippen MR) is 87.2 cm³/mol. The molecule has 0 radical (unpaired) electrons. The van der Waals surface area contributed by atoms with Gasteiger partial charge in [0.2, 0.25) is 0 Å². The third-order valence-corrected chi connectivity index (χ3v) is 4.29. The van der Waals surface area contributed by atoms with Crippen molar-refractivity contribution in [3.8, 4) is 0 Å². The molecule has 0 spiro atoms. The summed E-state index contributed by atoms with van der Waals surface area (Å²) in [5.74, 6) is 0.721. The quantitative estimate of drug-likeness (QED) is 0.667. The van der Waals surface area contributed by atoms with Crippen LogP contribution < -0.4 is 5.32 Å². The summed E-state index contributed by atoms with van der Waals surface area (Å²) in [6.45, 7) is 16.8. The van der Waals surface area contributed by atoms with Gasteiger partial charge in [-0.15, -0.1) is 0 Å². The molecular formula is C17H36N2O. The zero-order chi connectivity index (χ0) is 14.8. The lowest BCUT2D eigenvalue weighted by atomic mass is 9.81. The average molecular weight is 284 g/mol. The van der Waals surface area contributed by atoms with Crippen molar-refractivity contribution in [2.24, 2.45) is 11.3 Å². The van der Waals surface area contributed by atoms with E-state index in [-0.39, 0.29) is 0 Å². The first-order valence-electron chi connectivity index (χ1n) is 8.62. The molecule has 1 aliphatic rings. The van der Waals surface area contributed by atoms with Crippen molar-refractivity contribution in [3.63, 3.8) is 0 Å². The molecule has 1 rings (SSSR count). The molecule has 0 aliphatic carbocycles. The van der Waals surface area contributed by atoms with Crippen LogP contribution in [0.3, 0.4) is 0 Å². The fourth-order valence-corrected chi connectivity index (χ4v) is 3.06. The highest BCUT2D eigenvalue weighted by Gasteiger charge is 2.34. The van der Waals surface area contributed by atoms with Crippen molar-refractivity contribution >= 4 is 0 Å². The Morgan fingerprint density at radius 2 is 2.10 bits per heavy atom. The van der Waals surface area contributed by atoms with E-state index in [9.17, 15) is 0 Å². The van der Waals surface area contributed by atoms with Gasteiger partial charge in [0.25, 0.3) is 0 Å². The minimum Gasteiger partial charge on any atom is -0.381 e. The molecular weight excluding hydrogens is 248 g/mol. The minimum atomic E-state index is 0.330. The molecule has 1 fully saturated rings. The molecule has 1 heterocycles. The third-order valence-electron chi connectivity index (χ3n) is 4.29. The molecule has 1 saturated heterocycles. The first kappa shape index (κ1) is 17.9. The highest BCUT2D eigenvalue weighted by molar-refractivity contribution is 4.87. The first-order valence-corrected chi connectivity index (χ1v) is 8.62. The van der Waals surface area contributed by atoms with Crippen molar-refractivity contribution < 1.29 is 4.74 Å². The molecule has 0 aromatic carbocycles. The van der Waals surface area contributed by atoms with E-state index in [0.29, 0.717) is 5.41 Å². The van der Waals surface area contributed by atoms with Crippen molar-refractivity contribution in [3.05, 3.63) is 0 Å². The lowest BCUT2D eigenvalue weighted by Gasteiger charge is -2.41. The minimum absolute atomic E-state index is 0.330. The largest absolute Gasteiger partial charge is 0.381 e. The highest BCUT2D eigenvalue weighted by atomic mass is 16.5. The maximum atomic E-state index is 5.83. The number of ether oxygens (including phenoxy) is 1. The van der Waals surface area contributed by atoms with E-state index in [0.717, 1.165) is 38.8 Å². The van der Waals surface area contributed by atoms with Crippen molar-refractivity contribution in [2.45, 2.75) is 53.4 Å². The first-order chi connectivity index (χ1) is 9.62. The van der Waals surface area contributed by atoms with Crippen LogP contribution in [0.1, 0.15) is 53.4 Å². The molecule has 1 N–H and O–H groups in total. The van der Waals surface area contributed by atoms with E-state index >= 15 is 0 Å². The summed E-state index contributed by atoms with van der Waals surface area (Å²) in [4.78, 5) is 2.62. The van der Waals surface area contributed by atoms with Gasteiger partial charge in [0.1, 0.15) is 0 Å². The van der Waals surface area contributed by atoms with Gasteiger partial charge >= 0.3 is 0 Å². The predicted octanol–water partition coefficient (Wildman–Crippen LogP) is 3.15. The van der Waals surface area contributed by atoms with E-state index < -0.39 is 0 Å². The van der Waals surface area contributed by atoms with Crippen LogP contribution in [0.15, 0.2) is 0 Å². The van der Waals surface area contributed by atoms with Gasteiger partial charge in [-0.2, -0.15) is 0 Å². The molecule has 120 valence electrons. The van der Waals surface area contributed by atoms with Crippen LogP contribution in [0.2, 0.25) is 0 Å². The Morgan fingerprint density at radius 1 is 1.30 bits per heavy atom. The van der Waals surface area contributed by atoms with E-state index in [1.807, 2.05) is 0 Å². The normalized spacial score (nSPS) is 23.7. The monoisotopic (exact) mass is 284 g/mol. The number of nitrogens with one attached hydrogen (secondary N) is 1. The Balaban J connectivity index is 2.52. The molecule has 3 heteroatoms. The van der Waals surface area contributed by atoms with E-state index in [1.165, 1.54) is 38.8 Å². The fourth-order valence-electron chi connectivity index (χ4n) is 3.06. The molecule has 20 heavy (non-hydrogen) atoms. The second-order valence-electron chi connectivity index (χ2n) is 6.90. The topological polar surface area (TPSA) is 24.5 Å². The van der Waals surface area contributed by atoms with E-state index in [1.54, 1.807) is 0 Å². The SMILES string of the molecule is CCCCN(CC)CC1(CNCC(C)C)CCCOC1. The molecule has 0 amide bonds. The van der Waals surface area contributed by atoms with Crippen LogP contribution in [0.25, 0.3) is 0 Å². The van der Waals surface area contributed by atoms with Crippen LogP contribution in [-0.4, -0.2) is 50.8 Å². The maximum absolute atomic E-state index is 5.83. The van der Waals surface area contributed by atoms with Gasteiger partial charge in [-0.25, -0.2) is 0 Å². The highest BCUT2D eigenvalue weighted by Crippen LogP contribution is 2.29. The summed E-state index contributed by atoms with van der Waals surface area (Å²) in [5.41, 5.74) is 0.330. The van der Waals surface area contributed by atoms with Crippen LogP contribution in [-0.2, 0) is 4.74 Å². The summed E-state index contributed by atoms with van der Waals surface area (Å²) >= 11 is 0. The van der Waals surface area contributed by atoms with Gasteiger partial charge in [0, 0.05) is 25.1 Å². The molecule has 0 aromatic heterocycles. The second-order valence-corrected chi connectivity index (χ2v) is 6.90. The van der Waals surface area contributed by atoms with Crippen molar-refractivity contribution in [1.29, 1.82) is 0 Å². The smallest absolute Gasteiger partial charge is 0.0546 e. The number of nitrogens with zero attached hydrogens (tertiary/aromatic N) is 1. The second kappa shape index (κ2) is 9.75. The Hall–Kier alpha value is -0.120. The molecule has 1 unspecified atom stereocenters. The maximum Gasteiger partial charge on any atom is 0.0546 e. The van der Waals surface area contributed by atoms with Gasteiger partial charge in [0.05, 0.1) is 6.61 Å². The lowest BCUT2D eigenvalue weighted by Crippen LogP contribution is -2.49. The molecule has 3 nitrogen and oxygen atoms in total. The van der Waals surface area contributed by atoms with Gasteiger partial charge in [-0.1, -0.05) is 34.1 Å². The van der Waals surface area contributed by atoms with Crippen LogP contribution >= 0.6 is 0 Å². The third kappa shape index (κ3) is 6.55. The van der Waals surface area contributed by atoms with Crippen LogP contribution in [0, 0.1) is 11.3 Å². The van der Waals surface area contributed by atoms with Crippen molar-refractivity contribution in [2.75, 3.05) is 45.9 Å². The summed E-state index contributed by atoms with van der Waals surface area (Å²) in [7, 11) is 0. The zero-order valence-corrected chi connectivity index (χ0v) is 14.2.